The molecule has 0 fully saturated rings. The van der Waals surface area contributed by atoms with Crippen molar-refractivity contribution in [3.63, 3.8) is 0 Å². The third kappa shape index (κ3) is 2.60. The molecule has 0 aliphatic heterocycles. The zero-order chi connectivity index (χ0) is 14.7. The van der Waals surface area contributed by atoms with E-state index in [0.29, 0.717) is 6.42 Å². The lowest BCUT2D eigenvalue weighted by molar-refractivity contribution is -0.107. The Hall–Kier alpha value is -2.75. The second kappa shape index (κ2) is 5.71. The molecule has 104 valence electrons. The van der Waals surface area contributed by atoms with E-state index in [1.165, 1.54) is 0 Å². The first kappa shape index (κ1) is 13.2. The summed E-state index contributed by atoms with van der Waals surface area (Å²) in [5, 5.41) is 4.57. The molecule has 0 unspecified atom stereocenters. The predicted octanol–water partition coefficient (Wildman–Crippen LogP) is 2.98. The normalized spacial score (nSPS) is 10.5. The number of hydrogen-bond donors (Lipinski definition) is 0. The van der Waals surface area contributed by atoms with Gasteiger partial charge in [0.25, 0.3) is 0 Å². The first-order valence-electron chi connectivity index (χ1n) is 6.78. The van der Waals surface area contributed by atoms with Gasteiger partial charge in [-0.05, 0) is 19.1 Å². The number of nitrogens with zero attached hydrogens (tertiary/aromatic N) is 3. The van der Waals surface area contributed by atoms with Crippen molar-refractivity contribution in [3.05, 3.63) is 66.1 Å². The number of hydrogen-bond acceptors (Lipinski definition) is 3. The minimum Gasteiger partial charge on any atom is -0.303 e. The van der Waals surface area contributed by atoms with Crippen molar-refractivity contribution < 1.29 is 4.79 Å². The number of carbonyl (C=O) groups is 1. The molecule has 0 bridgehead atoms. The van der Waals surface area contributed by atoms with E-state index in [1.54, 1.807) is 12.4 Å². The SMILES string of the molecule is Cc1cc(-c2ccccc2)n(-c2ccncc2CC=O)n1. The van der Waals surface area contributed by atoms with Gasteiger partial charge in [0, 0.05) is 29.9 Å². The highest BCUT2D eigenvalue weighted by Crippen LogP contribution is 2.25. The fraction of sp³-hybridized carbons (Fsp3) is 0.118. The highest BCUT2D eigenvalue weighted by molar-refractivity contribution is 5.65. The van der Waals surface area contributed by atoms with E-state index in [-0.39, 0.29) is 0 Å². The monoisotopic (exact) mass is 277 g/mol. The maximum atomic E-state index is 10.9. The zero-order valence-electron chi connectivity index (χ0n) is 11.7. The molecule has 0 spiro atoms. The molecular formula is C17H15N3O. The smallest absolute Gasteiger partial charge is 0.124 e. The molecule has 0 aliphatic carbocycles. The minimum atomic E-state index is 0.330. The zero-order valence-corrected chi connectivity index (χ0v) is 11.7. The standard InChI is InChI=1S/C17H15N3O/c1-13-11-17(14-5-3-2-4-6-14)20(19-13)16-7-9-18-12-15(16)8-10-21/h2-7,9-12H,8H2,1H3. The van der Waals surface area contributed by atoms with Crippen molar-refractivity contribution in [2.75, 3.05) is 0 Å². The largest absolute Gasteiger partial charge is 0.303 e. The molecule has 4 nitrogen and oxygen atoms in total. The Morgan fingerprint density at radius 2 is 2.00 bits per heavy atom. The Labute approximate surface area is 123 Å². The summed E-state index contributed by atoms with van der Waals surface area (Å²) in [5.41, 5.74) is 4.79. The van der Waals surface area contributed by atoms with Crippen LogP contribution >= 0.6 is 0 Å². The average molecular weight is 277 g/mol. The van der Waals surface area contributed by atoms with Gasteiger partial charge in [0.15, 0.2) is 0 Å². The molecule has 0 N–H and O–H groups in total. The summed E-state index contributed by atoms with van der Waals surface area (Å²) in [7, 11) is 0. The number of benzene rings is 1. The van der Waals surface area contributed by atoms with Crippen molar-refractivity contribution >= 4 is 6.29 Å². The number of aryl methyl sites for hydroxylation is 1. The summed E-state index contributed by atoms with van der Waals surface area (Å²) in [6, 6.07) is 14.0. The number of pyridine rings is 1. The summed E-state index contributed by atoms with van der Waals surface area (Å²) < 4.78 is 1.88. The van der Waals surface area contributed by atoms with Crippen molar-refractivity contribution in [1.82, 2.24) is 14.8 Å². The Morgan fingerprint density at radius 3 is 2.76 bits per heavy atom. The Morgan fingerprint density at radius 1 is 1.19 bits per heavy atom. The van der Waals surface area contributed by atoms with Gasteiger partial charge in [-0.25, -0.2) is 4.68 Å². The van der Waals surface area contributed by atoms with Crippen LogP contribution in [0.15, 0.2) is 54.9 Å². The lowest BCUT2D eigenvalue weighted by Gasteiger charge is -2.10. The third-order valence-corrected chi connectivity index (χ3v) is 3.31. The summed E-state index contributed by atoms with van der Waals surface area (Å²) in [6.45, 7) is 1.96. The van der Waals surface area contributed by atoms with Crippen LogP contribution in [0.4, 0.5) is 0 Å². The lowest BCUT2D eigenvalue weighted by Crippen LogP contribution is -2.04. The van der Waals surface area contributed by atoms with Crippen LogP contribution in [0.5, 0.6) is 0 Å². The van der Waals surface area contributed by atoms with Gasteiger partial charge in [-0.15, -0.1) is 0 Å². The second-order valence-electron chi connectivity index (χ2n) is 4.82. The van der Waals surface area contributed by atoms with Crippen LogP contribution < -0.4 is 0 Å². The molecular weight excluding hydrogens is 262 g/mol. The number of rotatable bonds is 4. The van der Waals surface area contributed by atoms with Gasteiger partial charge in [0.05, 0.1) is 17.1 Å². The summed E-state index contributed by atoms with van der Waals surface area (Å²) in [5.74, 6) is 0. The molecule has 0 amide bonds. The van der Waals surface area contributed by atoms with E-state index in [2.05, 4.69) is 10.1 Å². The van der Waals surface area contributed by atoms with Crippen molar-refractivity contribution in [3.8, 4) is 16.9 Å². The van der Waals surface area contributed by atoms with Crippen molar-refractivity contribution in [1.29, 1.82) is 0 Å². The van der Waals surface area contributed by atoms with Crippen LogP contribution in [0.2, 0.25) is 0 Å². The Balaban J connectivity index is 2.18. The lowest BCUT2D eigenvalue weighted by atomic mass is 10.1. The van der Waals surface area contributed by atoms with Crippen molar-refractivity contribution in [2.45, 2.75) is 13.3 Å². The highest BCUT2D eigenvalue weighted by Gasteiger charge is 2.12. The first-order valence-corrected chi connectivity index (χ1v) is 6.78. The molecule has 4 heteroatoms. The molecule has 2 heterocycles. The fourth-order valence-corrected chi connectivity index (χ4v) is 2.37. The highest BCUT2D eigenvalue weighted by atomic mass is 16.1. The molecule has 0 atom stereocenters. The van der Waals surface area contributed by atoms with E-state index in [9.17, 15) is 4.79 Å². The van der Waals surface area contributed by atoms with E-state index in [0.717, 1.165) is 34.5 Å². The molecule has 0 aliphatic rings. The minimum absolute atomic E-state index is 0.330. The molecule has 1 aromatic carbocycles. The van der Waals surface area contributed by atoms with Crippen LogP contribution in [0, 0.1) is 6.92 Å². The van der Waals surface area contributed by atoms with Crippen LogP contribution in [-0.2, 0) is 11.2 Å². The van der Waals surface area contributed by atoms with Crippen LogP contribution in [0.25, 0.3) is 16.9 Å². The molecule has 0 saturated carbocycles. The average Bonchev–Trinajstić information content (AvgIpc) is 2.91. The van der Waals surface area contributed by atoms with Gasteiger partial charge in [-0.3, -0.25) is 4.98 Å². The molecule has 3 rings (SSSR count). The topological polar surface area (TPSA) is 47.8 Å². The van der Waals surface area contributed by atoms with Crippen LogP contribution in [0.1, 0.15) is 11.3 Å². The quantitative estimate of drug-likeness (QED) is 0.689. The fourth-order valence-electron chi connectivity index (χ4n) is 2.37. The summed E-state index contributed by atoms with van der Waals surface area (Å²) >= 11 is 0. The maximum Gasteiger partial charge on any atom is 0.124 e. The Kier molecular flexibility index (Phi) is 3.60. The van der Waals surface area contributed by atoms with Gasteiger partial charge < -0.3 is 4.79 Å². The van der Waals surface area contributed by atoms with Crippen LogP contribution in [-0.4, -0.2) is 21.1 Å². The van der Waals surface area contributed by atoms with E-state index in [4.69, 9.17) is 0 Å². The molecule has 3 aromatic rings. The second-order valence-corrected chi connectivity index (χ2v) is 4.82. The number of aldehydes is 1. The van der Waals surface area contributed by atoms with E-state index in [1.807, 2.05) is 54.1 Å². The van der Waals surface area contributed by atoms with Gasteiger partial charge in [-0.2, -0.15) is 5.10 Å². The van der Waals surface area contributed by atoms with Gasteiger partial charge in [0.1, 0.15) is 6.29 Å². The summed E-state index contributed by atoms with van der Waals surface area (Å²) in [4.78, 5) is 15.0. The maximum absolute atomic E-state index is 10.9. The van der Waals surface area contributed by atoms with E-state index >= 15 is 0 Å². The molecule has 0 saturated heterocycles. The first-order chi connectivity index (χ1) is 10.3. The Bertz CT molecular complexity index is 763. The van der Waals surface area contributed by atoms with Crippen LogP contribution in [0.3, 0.4) is 0 Å². The number of aromatic nitrogens is 3. The van der Waals surface area contributed by atoms with E-state index < -0.39 is 0 Å². The third-order valence-electron chi connectivity index (χ3n) is 3.31. The molecule has 2 aromatic heterocycles. The van der Waals surface area contributed by atoms with Gasteiger partial charge >= 0.3 is 0 Å². The van der Waals surface area contributed by atoms with Gasteiger partial charge in [-0.1, -0.05) is 30.3 Å². The van der Waals surface area contributed by atoms with Gasteiger partial charge in [0.2, 0.25) is 0 Å². The molecule has 21 heavy (non-hydrogen) atoms. The predicted molar refractivity (Wildman–Crippen MR) is 81.3 cm³/mol. The van der Waals surface area contributed by atoms with Crippen molar-refractivity contribution in [2.24, 2.45) is 0 Å². The molecule has 0 radical (unpaired) electrons. The summed E-state index contributed by atoms with van der Waals surface area (Å²) in [6.07, 6.45) is 4.65. The number of carbonyl (C=O) groups excluding carboxylic acids is 1.